The van der Waals surface area contributed by atoms with Crippen molar-refractivity contribution in [1.29, 1.82) is 5.26 Å². The molecule has 0 radical (unpaired) electrons. The number of hydrogen-bond donors (Lipinski definition) is 0. The molecule has 0 aliphatic rings. The van der Waals surface area contributed by atoms with Crippen molar-refractivity contribution in [2.45, 2.75) is 6.61 Å². The zero-order chi connectivity index (χ0) is 14.4. The van der Waals surface area contributed by atoms with Crippen LogP contribution in [0.2, 0.25) is 0 Å². The quantitative estimate of drug-likeness (QED) is 0.781. The van der Waals surface area contributed by atoms with E-state index in [1.165, 1.54) is 19.2 Å². The van der Waals surface area contributed by atoms with Crippen molar-refractivity contribution < 1.29 is 14.3 Å². The lowest BCUT2D eigenvalue weighted by atomic mass is 10.1. The van der Waals surface area contributed by atoms with E-state index in [2.05, 4.69) is 0 Å². The van der Waals surface area contributed by atoms with Crippen molar-refractivity contribution in [1.82, 2.24) is 0 Å². The van der Waals surface area contributed by atoms with Crippen molar-refractivity contribution in [3.05, 3.63) is 59.2 Å². The summed E-state index contributed by atoms with van der Waals surface area (Å²) in [5.41, 5.74) is 1.56. The highest BCUT2D eigenvalue weighted by Crippen LogP contribution is 2.30. The minimum absolute atomic E-state index is 0.267. The van der Waals surface area contributed by atoms with E-state index in [9.17, 15) is 4.79 Å². The van der Waals surface area contributed by atoms with Crippen LogP contribution in [0.1, 0.15) is 21.5 Å². The van der Waals surface area contributed by atoms with Gasteiger partial charge in [0, 0.05) is 11.6 Å². The Kier molecular flexibility index (Phi) is 4.35. The normalized spacial score (nSPS) is 9.60. The maximum atomic E-state index is 10.9. The third kappa shape index (κ3) is 2.96. The monoisotopic (exact) mass is 267 g/mol. The first-order valence-electron chi connectivity index (χ1n) is 6.02. The molecule has 0 atom stereocenters. The largest absolute Gasteiger partial charge is 0.493 e. The van der Waals surface area contributed by atoms with Gasteiger partial charge in [-0.05, 0) is 11.6 Å². The number of carbonyl (C=O) groups is 1. The average Bonchev–Trinajstić information content (AvgIpc) is 2.52. The van der Waals surface area contributed by atoms with Gasteiger partial charge in [-0.15, -0.1) is 0 Å². The highest BCUT2D eigenvalue weighted by atomic mass is 16.5. The number of aldehydes is 1. The van der Waals surface area contributed by atoms with Gasteiger partial charge < -0.3 is 9.47 Å². The van der Waals surface area contributed by atoms with Crippen LogP contribution in [0.5, 0.6) is 11.5 Å². The molecule has 0 saturated heterocycles. The molecule has 0 amide bonds. The predicted octanol–water partition coefficient (Wildman–Crippen LogP) is 2.96. The number of rotatable bonds is 5. The van der Waals surface area contributed by atoms with Gasteiger partial charge in [0.1, 0.15) is 12.7 Å². The molecule has 0 spiro atoms. The summed E-state index contributed by atoms with van der Waals surface area (Å²) in [5, 5.41) is 9.02. The van der Waals surface area contributed by atoms with Crippen LogP contribution in [0.15, 0.2) is 42.5 Å². The Bertz CT molecular complexity index is 645. The van der Waals surface area contributed by atoms with Crippen LogP contribution in [0.4, 0.5) is 0 Å². The molecule has 2 aromatic rings. The summed E-state index contributed by atoms with van der Waals surface area (Å²) in [5.74, 6) is 0.875. The van der Waals surface area contributed by atoms with Crippen LogP contribution in [-0.2, 0) is 6.61 Å². The lowest BCUT2D eigenvalue weighted by molar-refractivity contribution is 0.112. The van der Waals surface area contributed by atoms with Crippen molar-refractivity contribution in [2.24, 2.45) is 0 Å². The molecule has 0 aliphatic heterocycles. The molecule has 4 heteroatoms. The fourth-order valence-corrected chi connectivity index (χ4v) is 1.78. The van der Waals surface area contributed by atoms with Crippen LogP contribution in [0, 0.1) is 11.3 Å². The maximum Gasteiger partial charge on any atom is 0.163 e. The minimum Gasteiger partial charge on any atom is -0.493 e. The van der Waals surface area contributed by atoms with E-state index < -0.39 is 0 Å². The molecule has 0 bridgehead atoms. The second-order valence-corrected chi connectivity index (χ2v) is 4.09. The van der Waals surface area contributed by atoms with E-state index in [1.54, 1.807) is 0 Å². The topological polar surface area (TPSA) is 59.3 Å². The molecule has 0 N–H and O–H groups in total. The van der Waals surface area contributed by atoms with E-state index in [0.29, 0.717) is 24.4 Å². The van der Waals surface area contributed by atoms with Gasteiger partial charge in [-0.3, -0.25) is 4.79 Å². The van der Waals surface area contributed by atoms with Crippen molar-refractivity contribution in [2.75, 3.05) is 7.11 Å². The third-order valence-corrected chi connectivity index (χ3v) is 2.82. The number of ether oxygens (including phenoxy) is 2. The Morgan fingerprint density at radius 1 is 1.20 bits per heavy atom. The molecule has 0 aromatic heterocycles. The molecule has 0 aliphatic carbocycles. The lowest BCUT2D eigenvalue weighted by Gasteiger charge is -2.12. The Balaban J connectivity index is 2.27. The molecular formula is C16H13NO3. The Morgan fingerprint density at radius 2 is 1.95 bits per heavy atom. The highest BCUT2D eigenvalue weighted by molar-refractivity contribution is 5.81. The van der Waals surface area contributed by atoms with E-state index in [1.807, 2.05) is 36.4 Å². The summed E-state index contributed by atoms with van der Waals surface area (Å²) < 4.78 is 10.8. The van der Waals surface area contributed by atoms with Crippen LogP contribution < -0.4 is 9.47 Å². The van der Waals surface area contributed by atoms with Crippen LogP contribution in [-0.4, -0.2) is 13.4 Å². The molecule has 100 valence electrons. The zero-order valence-corrected chi connectivity index (χ0v) is 11.0. The lowest BCUT2D eigenvalue weighted by Crippen LogP contribution is -2.00. The van der Waals surface area contributed by atoms with Gasteiger partial charge in [0.05, 0.1) is 12.7 Å². The molecule has 2 aromatic carbocycles. The van der Waals surface area contributed by atoms with Gasteiger partial charge in [-0.1, -0.05) is 30.3 Å². The van der Waals surface area contributed by atoms with Gasteiger partial charge in [-0.2, -0.15) is 5.26 Å². The summed E-state index contributed by atoms with van der Waals surface area (Å²) in [6.07, 6.45) is 0.627. The van der Waals surface area contributed by atoms with Crippen LogP contribution >= 0.6 is 0 Å². The summed E-state index contributed by atoms with van der Waals surface area (Å²) in [6, 6.07) is 14.7. The number of hydrogen-bond acceptors (Lipinski definition) is 4. The van der Waals surface area contributed by atoms with Gasteiger partial charge in [0.15, 0.2) is 17.8 Å². The van der Waals surface area contributed by atoms with Gasteiger partial charge in [0.2, 0.25) is 0 Å². The first kappa shape index (κ1) is 13.6. The maximum absolute atomic E-state index is 10.9. The zero-order valence-electron chi connectivity index (χ0n) is 11.0. The summed E-state index contributed by atoms with van der Waals surface area (Å²) in [6.45, 7) is 0.364. The number of methoxy groups -OCH3 is 1. The number of nitrogens with zero attached hydrogens (tertiary/aromatic N) is 1. The molecule has 0 unspecified atom stereocenters. The molecule has 20 heavy (non-hydrogen) atoms. The average molecular weight is 267 g/mol. The fraction of sp³-hybridized carbons (Fsp3) is 0.125. The SMILES string of the molecule is COc1cc(C=O)c(C#N)cc1OCc1ccccc1. The molecule has 4 nitrogen and oxygen atoms in total. The van der Waals surface area contributed by atoms with E-state index in [0.717, 1.165) is 5.56 Å². The van der Waals surface area contributed by atoms with Crippen LogP contribution in [0.3, 0.4) is 0 Å². The van der Waals surface area contributed by atoms with Crippen molar-refractivity contribution >= 4 is 6.29 Å². The molecular weight excluding hydrogens is 254 g/mol. The first-order chi connectivity index (χ1) is 9.78. The van der Waals surface area contributed by atoms with E-state index in [-0.39, 0.29) is 11.1 Å². The molecule has 2 rings (SSSR count). The molecule has 0 heterocycles. The predicted molar refractivity (Wildman–Crippen MR) is 73.9 cm³/mol. The smallest absolute Gasteiger partial charge is 0.163 e. The van der Waals surface area contributed by atoms with Gasteiger partial charge >= 0.3 is 0 Å². The van der Waals surface area contributed by atoms with E-state index >= 15 is 0 Å². The summed E-state index contributed by atoms with van der Waals surface area (Å²) in [7, 11) is 1.49. The molecule has 0 fully saturated rings. The van der Waals surface area contributed by atoms with Crippen molar-refractivity contribution in [3.63, 3.8) is 0 Å². The Labute approximate surface area is 117 Å². The van der Waals surface area contributed by atoms with E-state index in [4.69, 9.17) is 14.7 Å². The fourth-order valence-electron chi connectivity index (χ4n) is 1.78. The number of benzene rings is 2. The minimum atomic E-state index is 0.267. The van der Waals surface area contributed by atoms with Gasteiger partial charge in [-0.25, -0.2) is 0 Å². The number of nitriles is 1. The Morgan fingerprint density at radius 3 is 2.55 bits per heavy atom. The second kappa shape index (κ2) is 6.39. The second-order valence-electron chi connectivity index (χ2n) is 4.09. The van der Waals surface area contributed by atoms with Crippen molar-refractivity contribution in [3.8, 4) is 17.6 Å². The standard InChI is InChI=1S/C16H13NO3/c1-19-15-8-14(10-18)13(9-17)7-16(15)20-11-12-5-3-2-4-6-12/h2-8,10H,11H2,1H3. The summed E-state index contributed by atoms with van der Waals surface area (Å²) >= 11 is 0. The number of carbonyl (C=O) groups excluding carboxylic acids is 1. The third-order valence-electron chi connectivity index (χ3n) is 2.82. The molecule has 0 saturated carbocycles. The Hall–Kier alpha value is -2.80. The van der Waals surface area contributed by atoms with Gasteiger partial charge in [0.25, 0.3) is 0 Å². The summed E-state index contributed by atoms with van der Waals surface area (Å²) in [4.78, 5) is 10.9. The van der Waals surface area contributed by atoms with Crippen LogP contribution in [0.25, 0.3) is 0 Å². The highest BCUT2D eigenvalue weighted by Gasteiger charge is 2.11. The first-order valence-corrected chi connectivity index (χ1v) is 6.02.